The van der Waals surface area contributed by atoms with Crippen molar-refractivity contribution in [3.63, 3.8) is 0 Å². The minimum Gasteiger partial charge on any atom is -0.382 e. The number of hydrogen-bond acceptors (Lipinski definition) is 2. The molecular formula is C22H24ClN3O. The highest BCUT2D eigenvalue weighted by Gasteiger charge is 2.24. The van der Waals surface area contributed by atoms with E-state index in [4.69, 9.17) is 11.6 Å². The SMILES string of the molecule is Cc1ccc(NC2CCN(C(=O)c3cc4cc(Cl)ccc4[nH]3)CC2)cc1C. The molecule has 4 nitrogen and oxygen atoms in total. The lowest BCUT2D eigenvalue weighted by Gasteiger charge is -2.32. The van der Waals surface area contributed by atoms with Crippen LogP contribution in [0.25, 0.3) is 10.9 Å². The highest BCUT2D eigenvalue weighted by Crippen LogP contribution is 2.23. The predicted octanol–water partition coefficient (Wildman–Crippen LogP) is 5.15. The van der Waals surface area contributed by atoms with Crippen molar-refractivity contribution in [1.82, 2.24) is 9.88 Å². The molecule has 3 aromatic rings. The largest absolute Gasteiger partial charge is 0.382 e. The molecular weight excluding hydrogens is 358 g/mol. The van der Waals surface area contributed by atoms with Crippen LogP contribution in [0.3, 0.4) is 0 Å². The van der Waals surface area contributed by atoms with Crippen molar-refractivity contribution in [2.45, 2.75) is 32.7 Å². The summed E-state index contributed by atoms with van der Waals surface area (Å²) >= 11 is 6.04. The van der Waals surface area contributed by atoms with Gasteiger partial charge < -0.3 is 15.2 Å². The summed E-state index contributed by atoms with van der Waals surface area (Å²) in [5.41, 5.74) is 5.34. The minimum absolute atomic E-state index is 0.0620. The van der Waals surface area contributed by atoms with Crippen molar-refractivity contribution in [3.8, 4) is 0 Å². The van der Waals surface area contributed by atoms with Gasteiger partial charge in [0.2, 0.25) is 0 Å². The summed E-state index contributed by atoms with van der Waals surface area (Å²) in [6.45, 7) is 5.78. The van der Waals surface area contributed by atoms with E-state index in [0.29, 0.717) is 16.8 Å². The van der Waals surface area contributed by atoms with Crippen LogP contribution in [0.4, 0.5) is 5.69 Å². The number of likely N-dealkylation sites (tertiary alicyclic amines) is 1. The fourth-order valence-corrected chi connectivity index (χ4v) is 3.86. The standard InChI is InChI=1S/C22H24ClN3O/c1-14-3-5-19(11-15(14)2)24-18-7-9-26(10-8-18)22(27)21-13-16-12-17(23)4-6-20(16)25-21/h3-6,11-13,18,24-25H,7-10H2,1-2H3. The van der Waals surface area contributed by atoms with Crippen LogP contribution >= 0.6 is 11.6 Å². The lowest BCUT2D eigenvalue weighted by molar-refractivity contribution is 0.0713. The molecule has 0 unspecified atom stereocenters. The number of carbonyl (C=O) groups is 1. The van der Waals surface area contributed by atoms with Gasteiger partial charge in [-0.1, -0.05) is 17.7 Å². The topological polar surface area (TPSA) is 48.1 Å². The fraction of sp³-hybridized carbons (Fsp3) is 0.318. The van der Waals surface area contributed by atoms with Crippen LogP contribution in [0.2, 0.25) is 5.02 Å². The molecule has 2 aromatic carbocycles. The van der Waals surface area contributed by atoms with Crippen molar-refractivity contribution in [2.75, 3.05) is 18.4 Å². The van der Waals surface area contributed by atoms with E-state index in [0.717, 1.165) is 42.5 Å². The van der Waals surface area contributed by atoms with Crippen molar-refractivity contribution in [3.05, 3.63) is 64.3 Å². The second-order valence-electron chi connectivity index (χ2n) is 7.42. The molecule has 0 saturated carbocycles. The van der Waals surface area contributed by atoms with Gasteiger partial charge in [-0.3, -0.25) is 4.79 Å². The minimum atomic E-state index is 0.0620. The number of anilines is 1. The van der Waals surface area contributed by atoms with Crippen LogP contribution in [0.1, 0.15) is 34.5 Å². The highest BCUT2D eigenvalue weighted by molar-refractivity contribution is 6.31. The first-order valence-electron chi connectivity index (χ1n) is 9.41. The average molecular weight is 382 g/mol. The van der Waals surface area contributed by atoms with Crippen LogP contribution in [0.15, 0.2) is 42.5 Å². The molecule has 1 amide bonds. The normalized spacial score (nSPS) is 15.3. The van der Waals surface area contributed by atoms with Gasteiger partial charge >= 0.3 is 0 Å². The number of aryl methyl sites for hydroxylation is 2. The number of aromatic nitrogens is 1. The van der Waals surface area contributed by atoms with Crippen LogP contribution in [0.5, 0.6) is 0 Å². The van der Waals surface area contributed by atoms with E-state index in [1.54, 1.807) is 0 Å². The maximum absolute atomic E-state index is 12.8. The molecule has 0 aliphatic carbocycles. The van der Waals surface area contributed by atoms with E-state index in [2.05, 4.69) is 42.3 Å². The summed E-state index contributed by atoms with van der Waals surface area (Å²) in [7, 11) is 0. The number of H-pyrrole nitrogens is 1. The molecule has 1 fully saturated rings. The van der Waals surface area contributed by atoms with Gasteiger partial charge in [0.05, 0.1) is 0 Å². The lowest BCUT2D eigenvalue weighted by atomic mass is 10.0. The quantitative estimate of drug-likeness (QED) is 0.658. The zero-order valence-corrected chi connectivity index (χ0v) is 16.4. The second kappa shape index (κ2) is 7.28. The summed E-state index contributed by atoms with van der Waals surface area (Å²) in [6.07, 6.45) is 1.90. The number of piperidine rings is 1. The number of nitrogens with zero attached hydrogens (tertiary/aromatic N) is 1. The Labute approximate surface area is 164 Å². The molecule has 5 heteroatoms. The first kappa shape index (κ1) is 17.9. The zero-order valence-electron chi connectivity index (χ0n) is 15.7. The third kappa shape index (κ3) is 3.81. The zero-order chi connectivity index (χ0) is 19.0. The number of hydrogen-bond donors (Lipinski definition) is 2. The molecule has 140 valence electrons. The van der Waals surface area contributed by atoms with Gasteiger partial charge in [0, 0.05) is 40.7 Å². The summed E-state index contributed by atoms with van der Waals surface area (Å²) in [5, 5.41) is 5.26. The number of amides is 1. The van der Waals surface area contributed by atoms with Crippen molar-refractivity contribution >= 4 is 34.1 Å². The summed E-state index contributed by atoms with van der Waals surface area (Å²) < 4.78 is 0. The van der Waals surface area contributed by atoms with Gasteiger partial charge in [0.1, 0.15) is 5.69 Å². The molecule has 0 atom stereocenters. The average Bonchev–Trinajstić information content (AvgIpc) is 3.08. The number of nitrogens with one attached hydrogen (secondary N) is 2. The summed E-state index contributed by atoms with van der Waals surface area (Å²) in [4.78, 5) is 18.0. The second-order valence-corrected chi connectivity index (χ2v) is 7.86. The molecule has 0 radical (unpaired) electrons. The Hall–Kier alpha value is -2.46. The van der Waals surface area contributed by atoms with Gasteiger partial charge in [-0.25, -0.2) is 0 Å². The van der Waals surface area contributed by atoms with Gasteiger partial charge in [-0.05, 0) is 74.2 Å². The van der Waals surface area contributed by atoms with E-state index in [-0.39, 0.29) is 5.91 Å². The summed E-state index contributed by atoms with van der Waals surface area (Å²) in [5.74, 6) is 0.0620. The third-order valence-corrected chi connectivity index (χ3v) is 5.71. The van der Waals surface area contributed by atoms with Crippen LogP contribution in [-0.2, 0) is 0 Å². The molecule has 1 aliphatic rings. The molecule has 2 N–H and O–H groups in total. The van der Waals surface area contributed by atoms with Crippen LogP contribution < -0.4 is 5.32 Å². The van der Waals surface area contributed by atoms with Crippen molar-refractivity contribution in [2.24, 2.45) is 0 Å². The number of rotatable bonds is 3. The van der Waals surface area contributed by atoms with Crippen LogP contribution in [0, 0.1) is 13.8 Å². The molecule has 0 spiro atoms. The highest BCUT2D eigenvalue weighted by atomic mass is 35.5. The smallest absolute Gasteiger partial charge is 0.270 e. The predicted molar refractivity (Wildman–Crippen MR) is 112 cm³/mol. The number of halogens is 1. The molecule has 1 aromatic heterocycles. The van der Waals surface area contributed by atoms with Gasteiger partial charge in [0.15, 0.2) is 0 Å². The Bertz CT molecular complexity index is 986. The van der Waals surface area contributed by atoms with E-state index in [9.17, 15) is 4.79 Å². The van der Waals surface area contributed by atoms with E-state index < -0.39 is 0 Å². The Kier molecular flexibility index (Phi) is 4.83. The molecule has 27 heavy (non-hydrogen) atoms. The monoisotopic (exact) mass is 381 g/mol. The third-order valence-electron chi connectivity index (χ3n) is 5.47. The maximum atomic E-state index is 12.8. The molecule has 1 aliphatic heterocycles. The Morgan fingerprint density at radius 2 is 1.85 bits per heavy atom. The lowest BCUT2D eigenvalue weighted by Crippen LogP contribution is -2.42. The Morgan fingerprint density at radius 3 is 2.59 bits per heavy atom. The van der Waals surface area contributed by atoms with Crippen molar-refractivity contribution in [1.29, 1.82) is 0 Å². The number of fused-ring (bicyclic) bond motifs is 1. The Morgan fingerprint density at radius 1 is 1.07 bits per heavy atom. The number of aromatic amines is 1. The van der Waals surface area contributed by atoms with Gasteiger partial charge in [-0.15, -0.1) is 0 Å². The van der Waals surface area contributed by atoms with Gasteiger partial charge in [0.25, 0.3) is 5.91 Å². The van der Waals surface area contributed by atoms with Crippen molar-refractivity contribution < 1.29 is 4.79 Å². The van der Waals surface area contributed by atoms with E-state index in [1.165, 1.54) is 11.1 Å². The molecule has 2 heterocycles. The van der Waals surface area contributed by atoms with Crippen LogP contribution in [-0.4, -0.2) is 34.9 Å². The van der Waals surface area contributed by atoms with E-state index >= 15 is 0 Å². The first-order chi connectivity index (χ1) is 13.0. The maximum Gasteiger partial charge on any atom is 0.270 e. The summed E-state index contributed by atoms with van der Waals surface area (Å²) in [6, 6.07) is 14.4. The number of carbonyl (C=O) groups excluding carboxylic acids is 1. The molecule has 0 bridgehead atoms. The Balaban J connectivity index is 1.39. The first-order valence-corrected chi connectivity index (χ1v) is 9.79. The fourth-order valence-electron chi connectivity index (χ4n) is 3.68. The number of benzene rings is 2. The van der Waals surface area contributed by atoms with E-state index in [1.807, 2.05) is 29.2 Å². The van der Waals surface area contributed by atoms with Gasteiger partial charge in [-0.2, -0.15) is 0 Å². The molecule has 4 rings (SSSR count). The molecule has 1 saturated heterocycles.